The van der Waals surface area contributed by atoms with Gasteiger partial charge >= 0.3 is 0 Å². The molecule has 0 radical (unpaired) electrons. The summed E-state index contributed by atoms with van der Waals surface area (Å²) < 4.78 is 0.999. The lowest BCUT2D eigenvalue weighted by Crippen LogP contribution is -2.11. The number of carbonyl (C=O) groups is 1. The van der Waals surface area contributed by atoms with Crippen LogP contribution in [0.4, 0.5) is 5.13 Å². The van der Waals surface area contributed by atoms with Crippen LogP contribution in [0.3, 0.4) is 0 Å². The first-order chi connectivity index (χ1) is 10.0. The van der Waals surface area contributed by atoms with Crippen molar-refractivity contribution in [3.63, 3.8) is 0 Å². The summed E-state index contributed by atoms with van der Waals surface area (Å²) in [5.74, 6) is -0.981. The van der Waals surface area contributed by atoms with Gasteiger partial charge in [-0.25, -0.2) is 4.98 Å². The van der Waals surface area contributed by atoms with Crippen LogP contribution in [0.15, 0.2) is 36.4 Å². The van der Waals surface area contributed by atoms with Crippen LogP contribution in [0.1, 0.15) is 15.9 Å². The van der Waals surface area contributed by atoms with E-state index < -0.39 is 0 Å². The molecule has 3 rings (SSSR count). The zero-order valence-corrected chi connectivity index (χ0v) is 11.9. The summed E-state index contributed by atoms with van der Waals surface area (Å²) in [5.41, 5.74) is 2.21. The smallest absolute Gasteiger partial charge is 0.257 e. The van der Waals surface area contributed by atoms with Crippen molar-refractivity contribution in [2.45, 2.75) is 6.92 Å². The Balaban J connectivity index is 1.87. The van der Waals surface area contributed by atoms with E-state index in [4.69, 9.17) is 0 Å². The maximum atomic E-state index is 12.1. The number of phenols is 2. The average Bonchev–Trinajstić information content (AvgIpc) is 2.83. The maximum Gasteiger partial charge on any atom is 0.257 e. The van der Waals surface area contributed by atoms with Crippen LogP contribution in [-0.2, 0) is 0 Å². The Hall–Kier alpha value is -2.60. The predicted octanol–water partition coefficient (Wildman–Crippen LogP) is 3.27. The van der Waals surface area contributed by atoms with Gasteiger partial charge in [0.2, 0.25) is 0 Å². The van der Waals surface area contributed by atoms with E-state index in [0.717, 1.165) is 15.8 Å². The van der Waals surface area contributed by atoms with Gasteiger partial charge in [0.1, 0.15) is 0 Å². The number of nitrogens with zero attached hydrogens (tertiary/aromatic N) is 1. The molecule has 0 fully saturated rings. The highest BCUT2D eigenvalue weighted by molar-refractivity contribution is 7.22. The van der Waals surface area contributed by atoms with Crippen molar-refractivity contribution in [3.05, 3.63) is 47.5 Å². The third kappa shape index (κ3) is 2.66. The van der Waals surface area contributed by atoms with Crippen LogP contribution in [0.25, 0.3) is 10.2 Å². The first kappa shape index (κ1) is 13.4. The summed E-state index contributed by atoms with van der Waals surface area (Å²) in [7, 11) is 0. The zero-order valence-electron chi connectivity index (χ0n) is 11.1. The van der Waals surface area contributed by atoms with Gasteiger partial charge in [0.05, 0.1) is 10.2 Å². The number of hydrogen-bond donors (Lipinski definition) is 3. The first-order valence-electron chi connectivity index (χ1n) is 6.23. The van der Waals surface area contributed by atoms with Crippen LogP contribution in [0.5, 0.6) is 11.5 Å². The van der Waals surface area contributed by atoms with Gasteiger partial charge in [0.15, 0.2) is 16.6 Å². The molecule has 1 aromatic heterocycles. The quantitative estimate of drug-likeness (QED) is 0.634. The zero-order chi connectivity index (χ0) is 15.0. The number of aromatic nitrogens is 1. The normalized spacial score (nSPS) is 10.7. The Morgan fingerprint density at radius 1 is 1.14 bits per heavy atom. The second-order valence-corrected chi connectivity index (χ2v) is 5.68. The molecule has 0 atom stereocenters. The highest BCUT2D eigenvalue weighted by atomic mass is 32.1. The van der Waals surface area contributed by atoms with Crippen LogP contribution in [0, 0.1) is 6.92 Å². The molecule has 0 bridgehead atoms. The number of amides is 1. The Labute approximate surface area is 124 Å². The summed E-state index contributed by atoms with van der Waals surface area (Å²) in [6, 6.07) is 9.79. The monoisotopic (exact) mass is 300 g/mol. The molecule has 0 aliphatic carbocycles. The molecule has 21 heavy (non-hydrogen) atoms. The van der Waals surface area contributed by atoms with E-state index >= 15 is 0 Å². The number of hydrogen-bond acceptors (Lipinski definition) is 5. The Morgan fingerprint density at radius 3 is 2.71 bits per heavy atom. The number of anilines is 1. The van der Waals surface area contributed by atoms with E-state index in [1.165, 1.54) is 29.5 Å². The molecular formula is C15H12N2O3S. The molecule has 1 amide bonds. The third-order valence-electron chi connectivity index (χ3n) is 3.00. The van der Waals surface area contributed by atoms with Crippen molar-refractivity contribution < 1.29 is 15.0 Å². The molecule has 0 unspecified atom stereocenters. The number of carbonyl (C=O) groups excluding carboxylic acids is 1. The minimum atomic E-state index is -0.388. The SMILES string of the molecule is Cc1ccc2nc(NC(=O)c3ccc(O)c(O)c3)sc2c1. The molecule has 0 saturated heterocycles. The molecular weight excluding hydrogens is 288 g/mol. The van der Waals surface area contributed by atoms with Crippen LogP contribution >= 0.6 is 11.3 Å². The molecule has 0 saturated carbocycles. The molecule has 0 spiro atoms. The van der Waals surface area contributed by atoms with E-state index in [2.05, 4.69) is 10.3 Å². The molecule has 3 N–H and O–H groups in total. The minimum absolute atomic E-state index is 0.251. The van der Waals surface area contributed by atoms with E-state index in [1.807, 2.05) is 25.1 Å². The highest BCUT2D eigenvalue weighted by Gasteiger charge is 2.12. The van der Waals surface area contributed by atoms with E-state index in [0.29, 0.717) is 5.13 Å². The van der Waals surface area contributed by atoms with Crippen LogP contribution in [-0.4, -0.2) is 21.1 Å². The predicted molar refractivity (Wildman–Crippen MR) is 82.1 cm³/mol. The minimum Gasteiger partial charge on any atom is -0.504 e. The fraction of sp³-hybridized carbons (Fsp3) is 0.0667. The van der Waals surface area contributed by atoms with Gasteiger partial charge in [-0.1, -0.05) is 17.4 Å². The summed E-state index contributed by atoms with van der Waals surface area (Å²) in [6.07, 6.45) is 0. The van der Waals surface area contributed by atoms with Crippen molar-refractivity contribution >= 4 is 32.6 Å². The van der Waals surface area contributed by atoms with Gasteiger partial charge in [-0.3, -0.25) is 10.1 Å². The summed E-state index contributed by atoms with van der Waals surface area (Å²) in [5, 5.41) is 21.8. The Kier molecular flexibility index (Phi) is 3.23. The molecule has 106 valence electrons. The number of phenolic OH excluding ortho intramolecular Hbond substituents is 2. The van der Waals surface area contributed by atoms with Crippen molar-refractivity contribution in [2.75, 3.05) is 5.32 Å². The van der Waals surface area contributed by atoms with Crippen molar-refractivity contribution in [2.24, 2.45) is 0 Å². The van der Waals surface area contributed by atoms with Crippen LogP contribution in [0.2, 0.25) is 0 Å². The number of benzene rings is 2. The van der Waals surface area contributed by atoms with Crippen molar-refractivity contribution in [3.8, 4) is 11.5 Å². The lowest BCUT2D eigenvalue weighted by atomic mass is 10.2. The third-order valence-corrected chi connectivity index (χ3v) is 3.94. The van der Waals surface area contributed by atoms with Crippen LogP contribution < -0.4 is 5.32 Å². The highest BCUT2D eigenvalue weighted by Crippen LogP contribution is 2.28. The lowest BCUT2D eigenvalue weighted by Gasteiger charge is -2.03. The second-order valence-electron chi connectivity index (χ2n) is 4.65. The number of aromatic hydroxyl groups is 2. The second kappa shape index (κ2) is 5.06. The molecule has 3 aromatic rings. The first-order valence-corrected chi connectivity index (χ1v) is 7.05. The largest absolute Gasteiger partial charge is 0.504 e. The maximum absolute atomic E-state index is 12.1. The summed E-state index contributed by atoms with van der Waals surface area (Å²) in [6.45, 7) is 2.00. The van der Waals surface area contributed by atoms with Gasteiger partial charge in [-0.15, -0.1) is 0 Å². The van der Waals surface area contributed by atoms with E-state index in [9.17, 15) is 15.0 Å². The molecule has 6 heteroatoms. The van der Waals surface area contributed by atoms with Gasteiger partial charge in [-0.2, -0.15) is 0 Å². The fourth-order valence-corrected chi connectivity index (χ4v) is 2.88. The molecule has 2 aromatic carbocycles. The van der Waals surface area contributed by atoms with E-state index in [1.54, 1.807) is 0 Å². The number of aryl methyl sites for hydroxylation is 1. The number of nitrogens with one attached hydrogen (secondary N) is 1. The Bertz CT molecular complexity index is 842. The van der Waals surface area contributed by atoms with Crippen molar-refractivity contribution in [1.82, 2.24) is 4.98 Å². The van der Waals surface area contributed by atoms with Gasteiger partial charge in [0.25, 0.3) is 5.91 Å². The molecule has 5 nitrogen and oxygen atoms in total. The average molecular weight is 300 g/mol. The number of rotatable bonds is 2. The number of fused-ring (bicyclic) bond motifs is 1. The van der Waals surface area contributed by atoms with Gasteiger partial charge < -0.3 is 10.2 Å². The lowest BCUT2D eigenvalue weighted by molar-refractivity contribution is 0.102. The summed E-state index contributed by atoms with van der Waals surface area (Å²) in [4.78, 5) is 16.4. The topological polar surface area (TPSA) is 82.5 Å². The van der Waals surface area contributed by atoms with Gasteiger partial charge in [0, 0.05) is 5.56 Å². The number of thiazole rings is 1. The molecule has 0 aliphatic rings. The summed E-state index contributed by atoms with van der Waals surface area (Å²) >= 11 is 1.39. The molecule has 1 heterocycles. The Morgan fingerprint density at radius 2 is 1.95 bits per heavy atom. The standard InChI is InChI=1S/C15H12N2O3S/c1-8-2-4-10-13(6-8)21-15(16-10)17-14(20)9-3-5-11(18)12(19)7-9/h2-7,18-19H,1H3,(H,16,17,20). The fourth-order valence-electron chi connectivity index (χ4n) is 1.92. The van der Waals surface area contributed by atoms with Gasteiger partial charge in [-0.05, 0) is 42.8 Å². The van der Waals surface area contributed by atoms with Crippen molar-refractivity contribution in [1.29, 1.82) is 0 Å². The van der Waals surface area contributed by atoms with E-state index in [-0.39, 0.29) is 23.0 Å². The molecule has 0 aliphatic heterocycles.